The summed E-state index contributed by atoms with van der Waals surface area (Å²) in [5.41, 5.74) is 3.51. The van der Waals surface area contributed by atoms with E-state index < -0.39 is 16.1 Å². The maximum atomic E-state index is 13.0. The summed E-state index contributed by atoms with van der Waals surface area (Å²) in [4.78, 5) is 17.4. The highest BCUT2D eigenvalue weighted by Crippen LogP contribution is 2.23. The molecule has 4 aromatic rings. The zero-order valence-electron chi connectivity index (χ0n) is 19.0. The quantitative estimate of drug-likeness (QED) is 0.373. The van der Waals surface area contributed by atoms with Gasteiger partial charge in [0.25, 0.3) is 15.9 Å². The third kappa shape index (κ3) is 4.99. The number of hydrogen-bond donors (Lipinski definition) is 3. The Morgan fingerprint density at radius 3 is 2.26 bits per heavy atom. The molecule has 0 fully saturated rings. The van der Waals surface area contributed by atoms with Crippen LogP contribution in [0.25, 0.3) is 0 Å². The lowest BCUT2D eigenvalue weighted by Crippen LogP contribution is -2.30. The predicted octanol–water partition coefficient (Wildman–Crippen LogP) is 4.05. The third-order valence-electron chi connectivity index (χ3n) is 5.56. The van der Waals surface area contributed by atoms with E-state index in [0.29, 0.717) is 22.9 Å². The number of amides is 1. The Bertz CT molecular complexity index is 1410. The van der Waals surface area contributed by atoms with Gasteiger partial charge >= 0.3 is 0 Å². The van der Waals surface area contributed by atoms with E-state index in [4.69, 9.17) is 0 Å². The fourth-order valence-corrected chi connectivity index (χ4v) is 4.62. The smallest absolute Gasteiger partial charge is 0.261 e. The molecule has 0 aliphatic carbocycles. The van der Waals surface area contributed by atoms with E-state index in [0.717, 1.165) is 16.7 Å². The lowest BCUT2D eigenvalue weighted by atomic mass is 10.1. The van der Waals surface area contributed by atoms with Crippen LogP contribution in [0.15, 0.2) is 77.7 Å². The van der Waals surface area contributed by atoms with Crippen molar-refractivity contribution in [1.29, 1.82) is 0 Å². The highest BCUT2D eigenvalue weighted by molar-refractivity contribution is 7.92. The molecule has 0 spiro atoms. The van der Waals surface area contributed by atoms with Crippen molar-refractivity contribution in [3.05, 3.63) is 107 Å². The molecule has 1 aromatic heterocycles. The minimum atomic E-state index is -3.81. The van der Waals surface area contributed by atoms with Crippen LogP contribution in [0.2, 0.25) is 0 Å². The molecule has 0 aliphatic heterocycles. The van der Waals surface area contributed by atoms with Crippen LogP contribution in [0.4, 0.5) is 5.69 Å². The second-order valence-electron chi connectivity index (χ2n) is 7.97. The van der Waals surface area contributed by atoms with Gasteiger partial charge in [-0.25, -0.2) is 13.4 Å². The molecular formula is C25H25N5O3S. The molecule has 3 N–H and O–H groups in total. The molecule has 8 nitrogen and oxygen atoms in total. The first-order chi connectivity index (χ1) is 16.2. The normalized spacial score (nSPS) is 12.2. The highest BCUT2D eigenvalue weighted by Gasteiger charge is 2.22. The van der Waals surface area contributed by atoms with E-state index in [-0.39, 0.29) is 10.8 Å². The lowest BCUT2D eigenvalue weighted by molar-refractivity contribution is 0.0941. The van der Waals surface area contributed by atoms with E-state index in [9.17, 15) is 13.2 Å². The van der Waals surface area contributed by atoms with Crippen LogP contribution in [0.3, 0.4) is 0 Å². The zero-order chi connectivity index (χ0) is 24.3. The monoisotopic (exact) mass is 475 g/mol. The molecule has 0 radical (unpaired) electrons. The van der Waals surface area contributed by atoms with Crippen LogP contribution in [0.5, 0.6) is 0 Å². The molecule has 3 aromatic carbocycles. The molecule has 1 amide bonds. The van der Waals surface area contributed by atoms with E-state index in [2.05, 4.69) is 25.2 Å². The molecular weight excluding hydrogens is 450 g/mol. The average Bonchev–Trinajstić information content (AvgIpc) is 3.26. The van der Waals surface area contributed by atoms with Gasteiger partial charge in [0.1, 0.15) is 11.9 Å². The van der Waals surface area contributed by atoms with Gasteiger partial charge in [-0.05, 0) is 67.8 Å². The van der Waals surface area contributed by atoms with Gasteiger partial charge in [-0.3, -0.25) is 14.6 Å². The van der Waals surface area contributed by atoms with Crippen LogP contribution < -0.4 is 10.0 Å². The first kappa shape index (κ1) is 23.2. The van der Waals surface area contributed by atoms with Crippen molar-refractivity contribution < 1.29 is 13.2 Å². The Morgan fingerprint density at radius 1 is 0.912 bits per heavy atom. The summed E-state index contributed by atoms with van der Waals surface area (Å²) in [5, 5.41) is 9.94. The van der Waals surface area contributed by atoms with Crippen molar-refractivity contribution in [3.63, 3.8) is 0 Å². The number of rotatable bonds is 7. The lowest BCUT2D eigenvalue weighted by Gasteiger charge is -2.17. The molecule has 9 heteroatoms. The molecule has 174 valence electrons. The molecule has 1 unspecified atom stereocenters. The standard InChI is InChI=1S/C25H25N5O3S/c1-16-8-7-11-22(17(16)2)30-34(32,33)21-14-12-20(13-15-21)25(31)27-23(19-9-5-4-6-10-19)24-26-18(3)28-29-24/h4-15,23,30H,1-3H3,(H,27,31)(H,26,28,29). The van der Waals surface area contributed by atoms with Crippen LogP contribution in [0, 0.1) is 20.8 Å². The summed E-state index contributed by atoms with van der Waals surface area (Å²) in [6.45, 7) is 5.56. The summed E-state index contributed by atoms with van der Waals surface area (Å²) in [6.07, 6.45) is 0. The van der Waals surface area contributed by atoms with E-state index in [1.165, 1.54) is 24.3 Å². The van der Waals surface area contributed by atoms with Crippen molar-refractivity contribution in [2.24, 2.45) is 0 Å². The van der Waals surface area contributed by atoms with Gasteiger partial charge in [-0.2, -0.15) is 5.10 Å². The van der Waals surface area contributed by atoms with Gasteiger partial charge in [-0.15, -0.1) is 0 Å². The fourth-order valence-electron chi connectivity index (χ4n) is 3.50. The Hall–Kier alpha value is -3.98. The van der Waals surface area contributed by atoms with Crippen molar-refractivity contribution in [2.75, 3.05) is 4.72 Å². The Kier molecular flexibility index (Phi) is 6.47. The Labute approximate surface area is 198 Å². The summed E-state index contributed by atoms with van der Waals surface area (Å²) < 4.78 is 28.4. The maximum absolute atomic E-state index is 13.0. The minimum Gasteiger partial charge on any atom is -0.338 e. The maximum Gasteiger partial charge on any atom is 0.261 e. The van der Waals surface area contributed by atoms with Gasteiger partial charge in [0.15, 0.2) is 5.82 Å². The second kappa shape index (κ2) is 9.48. The van der Waals surface area contributed by atoms with Gasteiger partial charge < -0.3 is 5.32 Å². The third-order valence-corrected chi connectivity index (χ3v) is 6.94. The van der Waals surface area contributed by atoms with Crippen molar-refractivity contribution in [3.8, 4) is 0 Å². The van der Waals surface area contributed by atoms with Crippen LogP contribution >= 0.6 is 0 Å². The highest BCUT2D eigenvalue weighted by atomic mass is 32.2. The number of carbonyl (C=O) groups excluding carboxylic acids is 1. The van der Waals surface area contributed by atoms with Crippen molar-refractivity contribution >= 4 is 21.6 Å². The van der Waals surface area contributed by atoms with E-state index >= 15 is 0 Å². The number of sulfonamides is 1. The van der Waals surface area contributed by atoms with Gasteiger partial charge in [-0.1, -0.05) is 42.5 Å². The van der Waals surface area contributed by atoms with Crippen LogP contribution in [-0.4, -0.2) is 29.5 Å². The molecule has 4 rings (SSSR count). The number of anilines is 1. The van der Waals surface area contributed by atoms with Gasteiger partial charge in [0.05, 0.1) is 10.6 Å². The number of carbonyl (C=O) groups is 1. The number of H-pyrrole nitrogens is 1. The molecule has 0 aliphatic rings. The molecule has 0 bridgehead atoms. The van der Waals surface area contributed by atoms with E-state index in [1.54, 1.807) is 19.1 Å². The number of nitrogens with zero attached hydrogens (tertiary/aromatic N) is 2. The summed E-state index contributed by atoms with van der Waals surface area (Å²) >= 11 is 0. The predicted molar refractivity (Wildman–Crippen MR) is 130 cm³/mol. The number of benzene rings is 3. The summed E-state index contributed by atoms with van der Waals surface area (Å²) in [5.74, 6) is 0.702. The van der Waals surface area contributed by atoms with E-state index in [1.807, 2.05) is 50.2 Å². The fraction of sp³-hybridized carbons (Fsp3) is 0.160. The molecule has 1 atom stereocenters. The first-order valence-corrected chi connectivity index (χ1v) is 12.2. The average molecular weight is 476 g/mol. The Balaban J connectivity index is 1.54. The largest absolute Gasteiger partial charge is 0.338 e. The van der Waals surface area contributed by atoms with Crippen LogP contribution in [-0.2, 0) is 10.0 Å². The number of hydrogen-bond acceptors (Lipinski definition) is 5. The van der Waals surface area contributed by atoms with Crippen molar-refractivity contribution in [2.45, 2.75) is 31.7 Å². The molecule has 0 saturated heterocycles. The first-order valence-electron chi connectivity index (χ1n) is 10.7. The molecule has 1 heterocycles. The summed E-state index contributed by atoms with van der Waals surface area (Å²) in [7, 11) is -3.81. The van der Waals surface area contributed by atoms with Crippen LogP contribution in [0.1, 0.15) is 44.7 Å². The SMILES string of the molecule is Cc1nc(C(NC(=O)c2ccc(S(=O)(=O)Nc3cccc(C)c3C)cc2)c2ccccc2)n[nH]1. The number of aromatic nitrogens is 3. The van der Waals surface area contributed by atoms with Gasteiger partial charge in [0, 0.05) is 5.56 Å². The number of aryl methyl sites for hydroxylation is 2. The van der Waals surface area contributed by atoms with Crippen molar-refractivity contribution in [1.82, 2.24) is 20.5 Å². The number of aromatic amines is 1. The van der Waals surface area contributed by atoms with Gasteiger partial charge in [0.2, 0.25) is 0 Å². The minimum absolute atomic E-state index is 0.0640. The zero-order valence-corrected chi connectivity index (χ0v) is 19.8. The second-order valence-corrected chi connectivity index (χ2v) is 9.66. The summed E-state index contributed by atoms with van der Waals surface area (Å²) in [6, 6.07) is 20.1. The molecule has 34 heavy (non-hydrogen) atoms. The topological polar surface area (TPSA) is 117 Å². The molecule has 0 saturated carbocycles. The number of nitrogens with one attached hydrogen (secondary N) is 3. The Morgan fingerprint density at radius 2 is 1.62 bits per heavy atom.